The molecule has 2 aliphatic rings. The van der Waals surface area contributed by atoms with Gasteiger partial charge in [0, 0.05) is 49.5 Å². The fourth-order valence-electron chi connectivity index (χ4n) is 5.09. The lowest BCUT2D eigenvalue weighted by Crippen LogP contribution is -2.38. The monoisotopic (exact) mass is 469 g/mol. The number of hydrogen-bond donors (Lipinski definition) is 1. The first kappa shape index (κ1) is 23.0. The normalized spacial score (nSPS) is 17.3. The maximum absolute atomic E-state index is 12.8. The third kappa shape index (κ3) is 5.50. The van der Waals surface area contributed by atoms with Gasteiger partial charge in [-0.05, 0) is 73.6 Å². The van der Waals surface area contributed by atoms with Crippen LogP contribution in [0.5, 0.6) is 0 Å². The molecule has 2 amide bonds. The summed E-state index contributed by atoms with van der Waals surface area (Å²) >= 11 is 0. The van der Waals surface area contributed by atoms with Crippen LogP contribution in [0.2, 0.25) is 0 Å². The Morgan fingerprint density at radius 3 is 2.17 bits per heavy atom. The summed E-state index contributed by atoms with van der Waals surface area (Å²) in [7, 11) is 0. The van der Waals surface area contributed by atoms with Crippen molar-refractivity contribution in [3.05, 3.63) is 84.1 Å². The number of nitrogens with one attached hydrogen (secondary N) is 1. The molecule has 2 fully saturated rings. The van der Waals surface area contributed by atoms with Gasteiger partial charge < -0.3 is 15.1 Å². The third-order valence-corrected chi connectivity index (χ3v) is 7.20. The highest BCUT2D eigenvalue weighted by Crippen LogP contribution is 2.30. The van der Waals surface area contributed by atoms with Crippen LogP contribution in [0.4, 0.5) is 11.5 Å². The van der Waals surface area contributed by atoms with Gasteiger partial charge >= 0.3 is 0 Å². The van der Waals surface area contributed by atoms with Crippen molar-refractivity contribution >= 4 is 23.3 Å². The number of likely N-dealkylation sites (tertiary alicyclic amines) is 1. The lowest BCUT2D eigenvalue weighted by Gasteiger charge is -2.32. The number of carbonyl (C=O) groups is 2. The van der Waals surface area contributed by atoms with Crippen LogP contribution in [0.25, 0.3) is 0 Å². The van der Waals surface area contributed by atoms with Crippen LogP contribution < -0.4 is 10.2 Å². The lowest BCUT2D eigenvalue weighted by molar-refractivity contribution is -0.120. The number of rotatable bonds is 5. The molecule has 2 saturated heterocycles. The molecular formula is C28H31N5O2. The van der Waals surface area contributed by atoms with Gasteiger partial charge in [-0.15, -0.1) is 5.10 Å². The number of nitrogens with zero attached hydrogens (tertiary/aromatic N) is 4. The molecule has 0 bridgehead atoms. The molecule has 7 heteroatoms. The van der Waals surface area contributed by atoms with Gasteiger partial charge in [-0.2, -0.15) is 5.10 Å². The minimum absolute atomic E-state index is 0.00840. The number of carbonyl (C=O) groups excluding carboxylic acids is 2. The first-order chi connectivity index (χ1) is 17.2. The van der Waals surface area contributed by atoms with E-state index in [2.05, 4.69) is 32.5 Å². The molecular weight excluding hydrogens is 438 g/mol. The minimum Gasteiger partial charge on any atom is -0.355 e. The van der Waals surface area contributed by atoms with Gasteiger partial charge in [-0.25, -0.2) is 0 Å². The van der Waals surface area contributed by atoms with Crippen LogP contribution >= 0.6 is 0 Å². The van der Waals surface area contributed by atoms with Crippen molar-refractivity contribution in [2.45, 2.75) is 31.6 Å². The van der Waals surface area contributed by atoms with Crippen molar-refractivity contribution in [3.63, 3.8) is 0 Å². The van der Waals surface area contributed by atoms with Gasteiger partial charge in [0.05, 0.1) is 0 Å². The lowest BCUT2D eigenvalue weighted by atomic mass is 9.89. The summed E-state index contributed by atoms with van der Waals surface area (Å²) in [6, 6.07) is 21.6. The Morgan fingerprint density at radius 1 is 0.800 bits per heavy atom. The largest absolute Gasteiger partial charge is 0.355 e. The van der Waals surface area contributed by atoms with E-state index in [4.69, 9.17) is 0 Å². The van der Waals surface area contributed by atoms with Crippen LogP contribution in [0.15, 0.2) is 72.9 Å². The predicted molar refractivity (Wildman–Crippen MR) is 136 cm³/mol. The average Bonchev–Trinajstić information content (AvgIpc) is 2.94. The standard InChI is InChI=1S/C28H31N5O2/c34-27(23-14-17-32(18-15-23)26-7-4-16-29-31-26)30-25-10-8-21(9-11-25)22-12-19-33(20-13-22)28(35)24-5-2-1-3-6-24/h1-11,16,22-23H,12-15,17-20H2,(H,30,34). The molecule has 7 nitrogen and oxygen atoms in total. The van der Waals surface area contributed by atoms with E-state index in [0.717, 1.165) is 68.9 Å². The van der Waals surface area contributed by atoms with Crippen molar-refractivity contribution in [2.24, 2.45) is 5.92 Å². The molecule has 35 heavy (non-hydrogen) atoms. The summed E-state index contributed by atoms with van der Waals surface area (Å²) in [5.41, 5.74) is 2.87. The van der Waals surface area contributed by atoms with Crippen molar-refractivity contribution in [2.75, 3.05) is 36.4 Å². The Labute approximate surface area is 206 Å². The maximum Gasteiger partial charge on any atom is 0.253 e. The second-order valence-corrected chi connectivity index (χ2v) is 9.39. The third-order valence-electron chi connectivity index (χ3n) is 7.20. The number of aromatic nitrogens is 2. The van der Waals surface area contributed by atoms with Gasteiger partial charge in [0.2, 0.25) is 5.91 Å². The van der Waals surface area contributed by atoms with E-state index in [-0.39, 0.29) is 17.7 Å². The molecule has 0 aliphatic carbocycles. The van der Waals surface area contributed by atoms with E-state index in [1.165, 1.54) is 5.56 Å². The molecule has 0 saturated carbocycles. The molecule has 3 heterocycles. The van der Waals surface area contributed by atoms with Crippen LogP contribution in [0.3, 0.4) is 0 Å². The smallest absolute Gasteiger partial charge is 0.253 e. The van der Waals surface area contributed by atoms with Gasteiger partial charge in [0.15, 0.2) is 5.82 Å². The zero-order valence-electron chi connectivity index (χ0n) is 19.8. The summed E-state index contributed by atoms with van der Waals surface area (Å²) in [5.74, 6) is 1.52. The Morgan fingerprint density at radius 2 is 1.51 bits per heavy atom. The first-order valence-electron chi connectivity index (χ1n) is 12.4. The SMILES string of the molecule is O=C(Nc1ccc(C2CCN(C(=O)c3ccccc3)CC2)cc1)C1CCN(c2cccnn2)CC1. The number of amides is 2. The maximum atomic E-state index is 12.8. The van der Waals surface area contributed by atoms with Gasteiger partial charge in [0.1, 0.15) is 0 Å². The molecule has 0 unspecified atom stereocenters. The predicted octanol–water partition coefficient (Wildman–Crippen LogP) is 4.35. The molecule has 0 spiro atoms. The summed E-state index contributed by atoms with van der Waals surface area (Å²) in [5, 5.41) is 11.2. The molecule has 0 radical (unpaired) electrons. The average molecular weight is 470 g/mol. The Balaban J connectivity index is 1.10. The highest BCUT2D eigenvalue weighted by atomic mass is 16.2. The molecule has 1 aromatic heterocycles. The van der Waals surface area contributed by atoms with Crippen LogP contribution in [0, 0.1) is 5.92 Å². The van der Waals surface area contributed by atoms with Crippen molar-refractivity contribution < 1.29 is 9.59 Å². The summed E-state index contributed by atoms with van der Waals surface area (Å²) < 4.78 is 0. The molecule has 1 N–H and O–H groups in total. The zero-order valence-corrected chi connectivity index (χ0v) is 19.8. The summed E-state index contributed by atoms with van der Waals surface area (Å²) in [6.07, 6.45) is 5.19. The highest BCUT2D eigenvalue weighted by Gasteiger charge is 2.27. The summed E-state index contributed by atoms with van der Waals surface area (Å²) in [6.45, 7) is 3.15. The second kappa shape index (κ2) is 10.7. The van der Waals surface area contributed by atoms with Crippen LogP contribution in [0.1, 0.15) is 47.5 Å². The van der Waals surface area contributed by atoms with E-state index < -0.39 is 0 Å². The number of hydrogen-bond acceptors (Lipinski definition) is 5. The van der Waals surface area contributed by atoms with Gasteiger partial charge in [-0.1, -0.05) is 30.3 Å². The zero-order chi connectivity index (χ0) is 24.0. The van der Waals surface area contributed by atoms with Crippen molar-refractivity contribution in [3.8, 4) is 0 Å². The molecule has 0 atom stereocenters. The molecule has 180 valence electrons. The van der Waals surface area contributed by atoms with E-state index >= 15 is 0 Å². The van der Waals surface area contributed by atoms with E-state index in [0.29, 0.717) is 5.92 Å². The second-order valence-electron chi connectivity index (χ2n) is 9.39. The van der Waals surface area contributed by atoms with Gasteiger partial charge in [-0.3, -0.25) is 9.59 Å². The fourth-order valence-corrected chi connectivity index (χ4v) is 5.09. The first-order valence-corrected chi connectivity index (χ1v) is 12.4. The van der Waals surface area contributed by atoms with E-state index in [1.807, 2.05) is 59.5 Å². The van der Waals surface area contributed by atoms with Crippen molar-refractivity contribution in [1.29, 1.82) is 0 Å². The minimum atomic E-state index is 0.00840. The topological polar surface area (TPSA) is 78.4 Å². The van der Waals surface area contributed by atoms with Gasteiger partial charge in [0.25, 0.3) is 5.91 Å². The number of benzene rings is 2. The van der Waals surface area contributed by atoms with E-state index in [9.17, 15) is 9.59 Å². The van der Waals surface area contributed by atoms with E-state index in [1.54, 1.807) is 6.20 Å². The Bertz CT molecular complexity index is 1120. The molecule has 2 aromatic carbocycles. The Hall–Kier alpha value is -3.74. The van der Waals surface area contributed by atoms with Crippen LogP contribution in [-0.2, 0) is 4.79 Å². The number of piperidine rings is 2. The molecule has 5 rings (SSSR count). The quantitative estimate of drug-likeness (QED) is 0.601. The van der Waals surface area contributed by atoms with Crippen molar-refractivity contribution in [1.82, 2.24) is 15.1 Å². The highest BCUT2D eigenvalue weighted by molar-refractivity contribution is 5.94. The molecule has 2 aliphatic heterocycles. The Kier molecular flexibility index (Phi) is 7.02. The van der Waals surface area contributed by atoms with Crippen LogP contribution in [-0.4, -0.2) is 53.1 Å². The summed E-state index contributed by atoms with van der Waals surface area (Å²) in [4.78, 5) is 29.6. The number of anilines is 2. The fraction of sp³-hybridized carbons (Fsp3) is 0.357. The molecule has 3 aromatic rings.